The van der Waals surface area contributed by atoms with Gasteiger partial charge in [0.1, 0.15) is 0 Å². The van der Waals surface area contributed by atoms with Crippen molar-refractivity contribution in [2.45, 2.75) is 39.2 Å². The molecular formula is C9H15NO3. The molecule has 1 aliphatic carbocycles. The van der Waals surface area contributed by atoms with Gasteiger partial charge in [-0.05, 0) is 11.8 Å². The molecule has 0 bridgehead atoms. The summed E-state index contributed by atoms with van der Waals surface area (Å²) in [6, 6.07) is 0.244. The number of carbonyl (C=O) groups excluding carboxylic acids is 1. The standard InChI is InChI=1S/C9H15NO3/c1-9(2)5-6(9)10-7(11)3-4-8(12)13/h6H,3-5H2,1-2H3,(H,10,11)(H,12,13). The molecule has 1 rings (SSSR count). The van der Waals surface area contributed by atoms with E-state index in [1.165, 1.54) is 0 Å². The molecule has 1 atom stereocenters. The third kappa shape index (κ3) is 3.05. The summed E-state index contributed by atoms with van der Waals surface area (Å²) >= 11 is 0. The molecule has 1 unspecified atom stereocenters. The number of hydrogen-bond donors (Lipinski definition) is 2. The van der Waals surface area contributed by atoms with Gasteiger partial charge < -0.3 is 10.4 Å². The van der Waals surface area contributed by atoms with Gasteiger partial charge in [0.2, 0.25) is 5.91 Å². The molecule has 13 heavy (non-hydrogen) atoms. The van der Waals surface area contributed by atoms with Crippen LogP contribution in [-0.4, -0.2) is 23.0 Å². The summed E-state index contributed by atoms with van der Waals surface area (Å²) in [7, 11) is 0. The number of nitrogens with one attached hydrogen (secondary N) is 1. The molecule has 1 aliphatic rings. The summed E-state index contributed by atoms with van der Waals surface area (Å²) in [6.07, 6.45) is 0.993. The number of carboxylic acids is 1. The van der Waals surface area contributed by atoms with Gasteiger partial charge in [0.15, 0.2) is 0 Å². The summed E-state index contributed by atoms with van der Waals surface area (Å²) in [5.74, 6) is -1.08. The van der Waals surface area contributed by atoms with Gasteiger partial charge in [-0.1, -0.05) is 13.8 Å². The Hall–Kier alpha value is -1.06. The van der Waals surface area contributed by atoms with Crippen molar-refractivity contribution in [3.63, 3.8) is 0 Å². The monoisotopic (exact) mass is 185 g/mol. The minimum atomic E-state index is -0.926. The molecule has 4 heteroatoms. The predicted molar refractivity (Wildman–Crippen MR) is 47.2 cm³/mol. The van der Waals surface area contributed by atoms with Gasteiger partial charge in [0.05, 0.1) is 6.42 Å². The Bertz CT molecular complexity index is 235. The lowest BCUT2D eigenvalue weighted by Crippen LogP contribution is -2.28. The molecule has 4 nitrogen and oxygen atoms in total. The Kier molecular flexibility index (Phi) is 2.59. The van der Waals surface area contributed by atoms with E-state index in [-0.39, 0.29) is 30.2 Å². The third-order valence-corrected chi connectivity index (χ3v) is 2.41. The molecule has 0 saturated heterocycles. The van der Waals surface area contributed by atoms with E-state index in [1.54, 1.807) is 0 Å². The van der Waals surface area contributed by atoms with Crippen molar-refractivity contribution in [2.75, 3.05) is 0 Å². The average molecular weight is 185 g/mol. The maximum atomic E-state index is 11.1. The van der Waals surface area contributed by atoms with Crippen LogP contribution in [0.3, 0.4) is 0 Å². The normalized spacial score (nSPS) is 23.7. The highest BCUT2D eigenvalue weighted by molar-refractivity contribution is 5.81. The summed E-state index contributed by atoms with van der Waals surface area (Å²) in [5, 5.41) is 11.1. The van der Waals surface area contributed by atoms with Crippen molar-refractivity contribution in [1.29, 1.82) is 0 Å². The van der Waals surface area contributed by atoms with Crippen LogP contribution in [0.2, 0.25) is 0 Å². The third-order valence-electron chi connectivity index (χ3n) is 2.41. The zero-order valence-corrected chi connectivity index (χ0v) is 7.96. The first kappa shape index (κ1) is 10.0. The smallest absolute Gasteiger partial charge is 0.303 e. The van der Waals surface area contributed by atoms with Crippen LogP contribution in [0.25, 0.3) is 0 Å². The highest BCUT2D eigenvalue weighted by atomic mass is 16.4. The average Bonchev–Trinajstić information content (AvgIpc) is 2.54. The van der Waals surface area contributed by atoms with Crippen molar-refractivity contribution in [1.82, 2.24) is 5.32 Å². The predicted octanol–water partition coefficient (Wildman–Crippen LogP) is 0.766. The summed E-state index contributed by atoms with van der Waals surface area (Å²) in [4.78, 5) is 21.3. The first-order valence-corrected chi connectivity index (χ1v) is 4.43. The Morgan fingerprint density at radius 3 is 2.38 bits per heavy atom. The second-order valence-corrected chi connectivity index (χ2v) is 4.21. The number of hydrogen-bond acceptors (Lipinski definition) is 2. The molecule has 2 N–H and O–H groups in total. The van der Waals surface area contributed by atoms with Gasteiger partial charge in [-0.3, -0.25) is 9.59 Å². The zero-order valence-electron chi connectivity index (χ0n) is 7.96. The highest BCUT2D eigenvalue weighted by Crippen LogP contribution is 2.44. The fraction of sp³-hybridized carbons (Fsp3) is 0.778. The fourth-order valence-electron chi connectivity index (χ4n) is 1.20. The van der Waals surface area contributed by atoms with E-state index in [0.717, 1.165) is 6.42 Å². The van der Waals surface area contributed by atoms with Crippen LogP contribution in [0.1, 0.15) is 33.1 Å². The van der Waals surface area contributed by atoms with Crippen LogP contribution in [0.4, 0.5) is 0 Å². The van der Waals surface area contributed by atoms with Gasteiger partial charge in [-0.2, -0.15) is 0 Å². The lowest BCUT2D eigenvalue weighted by atomic mass is 10.2. The highest BCUT2D eigenvalue weighted by Gasteiger charge is 2.46. The van der Waals surface area contributed by atoms with Crippen molar-refractivity contribution >= 4 is 11.9 Å². The second-order valence-electron chi connectivity index (χ2n) is 4.21. The quantitative estimate of drug-likeness (QED) is 0.679. The Balaban J connectivity index is 2.16. The summed E-state index contributed by atoms with van der Waals surface area (Å²) in [5.41, 5.74) is 0.207. The lowest BCUT2D eigenvalue weighted by Gasteiger charge is -2.05. The van der Waals surface area contributed by atoms with Gasteiger partial charge in [-0.25, -0.2) is 0 Å². The van der Waals surface area contributed by atoms with E-state index in [0.29, 0.717) is 0 Å². The van der Waals surface area contributed by atoms with Gasteiger partial charge in [-0.15, -0.1) is 0 Å². The van der Waals surface area contributed by atoms with E-state index >= 15 is 0 Å². The molecule has 74 valence electrons. The molecule has 0 spiro atoms. The van der Waals surface area contributed by atoms with Crippen LogP contribution in [0.5, 0.6) is 0 Å². The number of carboxylic acid groups (broad SMARTS) is 1. The second kappa shape index (κ2) is 3.36. The minimum Gasteiger partial charge on any atom is -0.481 e. The molecule has 0 radical (unpaired) electrons. The first-order chi connectivity index (χ1) is 5.92. The number of carbonyl (C=O) groups is 2. The van der Waals surface area contributed by atoms with E-state index in [1.807, 2.05) is 0 Å². The Morgan fingerprint density at radius 2 is 2.00 bits per heavy atom. The maximum Gasteiger partial charge on any atom is 0.303 e. The molecule has 1 saturated carbocycles. The van der Waals surface area contributed by atoms with Crippen molar-refractivity contribution in [3.05, 3.63) is 0 Å². The number of amides is 1. The Morgan fingerprint density at radius 1 is 1.46 bits per heavy atom. The lowest BCUT2D eigenvalue weighted by molar-refractivity contribution is -0.138. The van der Waals surface area contributed by atoms with Crippen molar-refractivity contribution in [3.8, 4) is 0 Å². The van der Waals surface area contributed by atoms with E-state index in [4.69, 9.17) is 5.11 Å². The summed E-state index contributed by atoms with van der Waals surface area (Å²) in [6.45, 7) is 4.16. The van der Waals surface area contributed by atoms with E-state index in [9.17, 15) is 9.59 Å². The summed E-state index contributed by atoms with van der Waals surface area (Å²) < 4.78 is 0. The number of aliphatic carboxylic acids is 1. The van der Waals surface area contributed by atoms with Crippen LogP contribution >= 0.6 is 0 Å². The SMILES string of the molecule is CC1(C)CC1NC(=O)CCC(=O)O. The van der Waals surface area contributed by atoms with Crippen molar-refractivity contribution in [2.24, 2.45) is 5.41 Å². The zero-order chi connectivity index (χ0) is 10.1. The maximum absolute atomic E-state index is 11.1. The number of rotatable bonds is 4. The Labute approximate surface area is 77.3 Å². The van der Waals surface area contributed by atoms with Gasteiger partial charge in [0.25, 0.3) is 0 Å². The minimum absolute atomic E-state index is 0.0843. The van der Waals surface area contributed by atoms with Crippen LogP contribution in [0, 0.1) is 5.41 Å². The van der Waals surface area contributed by atoms with Gasteiger partial charge >= 0.3 is 5.97 Å². The fourth-order valence-corrected chi connectivity index (χ4v) is 1.20. The molecule has 0 aromatic carbocycles. The van der Waals surface area contributed by atoms with Gasteiger partial charge in [0, 0.05) is 12.5 Å². The molecule has 0 aromatic heterocycles. The van der Waals surface area contributed by atoms with Crippen LogP contribution < -0.4 is 5.32 Å². The largest absolute Gasteiger partial charge is 0.481 e. The molecule has 0 aliphatic heterocycles. The van der Waals surface area contributed by atoms with Crippen LogP contribution in [-0.2, 0) is 9.59 Å². The molecule has 1 fully saturated rings. The molecule has 0 heterocycles. The van der Waals surface area contributed by atoms with E-state index in [2.05, 4.69) is 19.2 Å². The molecular weight excluding hydrogens is 170 g/mol. The topological polar surface area (TPSA) is 66.4 Å². The van der Waals surface area contributed by atoms with E-state index < -0.39 is 5.97 Å². The first-order valence-electron chi connectivity index (χ1n) is 4.43. The van der Waals surface area contributed by atoms with Crippen molar-refractivity contribution < 1.29 is 14.7 Å². The molecule has 0 aromatic rings. The molecule has 1 amide bonds. The van der Waals surface area contributed by atoms with Crippen LogP contribution in [0.15, 0.2) is 0 Å².